The van der Waals surface area contributed by atoms with Gasteiger partial charge in [-0.3, -0.25) is 14.3 Å². The monoisotopic (exact) mass is 439 g/mol. The second kappa shape index (κ2) is 9.08. The molecule has 31 heavy (non-hydrogen) atoms. The van der Waals surface area contributed by atoms with Crippen molar-refractivity contribution in [2.45, 2.75) is 19.4 Å². The zero-order valence-corrected chi connectivity index (χ0v) is 18.5. The molecule has 0 spiro atoms. The van der Waals surface area contributed by atoms with Gasteiger partial charge in [0, 0.05) is 43.9 Å². The van der Waals surface area contributed by atoms with E-state index >= 15 is 0 Å². The van der Waals surface area contributed by atoms with Gasteiger partial charge in [-0.1, -0.05) is 36.7 Å². The Bertz CT molecular complexity index is 1150. The predicted octanol–water partition coefficient (Wildman–Crippen LogP) is 3.89. The number of carbonyl (C=O) groups excluding carboxylic acids is 1. The van der Waals surface area contributed by atoms with Crippen LogP contribution in [0.4, 0.5) is 10.5 Å². The molecule has 2 amide bonds. The highest BCUT2D eigenvalue weighted by atomic mass is 35.5. The molecule has 1 aliphatic rings. The summed E-state index contributed by atoms with van der Waals surface area (Å²) in [4.78, 5) is 34.4. The number of urea groups is 1. The molecule has 2 aromatic carbocycles. The molecule has 3 aromatic rings. The first-order valence-corrected chi connectivity index (χ1v) is 10.9. The van der Waals surface area contributed by atoms with Crippen LogP contribution in [0.25, 0.3) is 10.9 Å². The summed E-state index contributed by atoms with van der Waals surface area (Å²) < 4.78 is 1.66. The van der Waals surface area contributed by atoms with Crippen molar-refractivity contribution in [2.24, 2.45) is 7.05 Å². The first-order valence-electron chi connectivity index (χ1n) is 10.5. The predicted molar refractivity (Wildman–Crippen MR) is 124 cm³/mol. The van der Waals surface area contributed by atoms with E-state index in [0.29, 0.717) is 42.3 Å². The zero-order valence-electron chi connectivity index (χ0n) is 17.7. The summed E-state index contributed by atoms with van der Waals surface area (Å²) in [6.45, 7) is 4.73. The SMILES string of the molecule is CCC(c1nc2ccccc2c(=O)n1C)N1CCN(C(=O)Nc2cccc(Cl)c2)CC1. The maximum Gasteiger partial charge on any atom is 0.321 e. The molecule has 0 saturated carbocycles. The van der Waals surface area contributed by atoms with Gasteiger partial charge >= 0.3 is 6.03 Å². The number of anilines is 1. The summed E-state index contributed by atoms with van der Waals surface area (Å²) in [5.41, 5.74) is 1.37. The highest BCUT2D eigenvalue weighted by Gasteiger charge is 2.28. The van der Waals surface area contributed by atoms with E-state index in [4.69, 9.17) is 16.6 Å². The van der Waals surface area contributed by atoms with Crippen molar-refractivity contribution in [3.8, 4) is 0 Å². The van der Waals surface area contributed by atoms with E-state index in [1.807, 2.05) is 36.4 Å². The average Bonchev–Trinajstić information content (AvgIpc) is 2.78. The molecule has 0 aliphatic carbocycles. The Morgan fingerprint density at radius 2 is 1.87 bits per heavy atom. The van der Waals surface area contributed by atoms with Crippen molar-refractivity contribution in [1.29, 1.82) is 0 Å². The fourth-order valence-electron chi connectivity index (χ4n) is 4.14. The highest BCUT2D eigenvalue weighted by Crippen LogP contribution is 2.25. The molecule has 1 fully saturated rings. The van der Waals surface area contributed by atoms with Crippen LogP contribution in [0.1, 0.15) is 25.2 Å². The quantitative estimate of drug-likeness (QED) is 0.669. The second-order valence-corrected chi connectivity index (χ2v) is 8.18. The van der Waals surface area contributed by atoms with Gasteiger partial charge in [0.2, 0.25) is 0 Å². The van der Waals surface area contributed by atoms with Gasteiger partial charge in [-0.05, 0) is 36.8 Å². The molecule has 0 bridgehead atoms. The Morgan fingerprint density at radius 1 is 1.13 bits per heavy atom. The standard InChI is InChI=1S/C23H26ClN5O2/c1-3-20(21-26-19-10-5-4-9-18(19)22(30)27(21)2)28-11-13-29(14-12-28)23(31)25-17-8-6-7-16(24)15-17/h4-10,15,20H,3,11-14H2,1-2H3,(H,25,31). The molecular weight excluding hydrogens is 414 g/mol. The third kappa shape index (κ3) is 4.43. The minimum absolute atomic E-state index is 0.0143. The molecule has 2 heterocycles. The van der Waals surface area contributed by atoms with Gasteiger partial charge in [0.25, 0.3) is 5.56 Å². The summed E-state index contributed by atoms with van der Waals surface area (Å²) in [7, 11) is 1.79. The molecule has 162 valence electrons. The highest BCUT2D eigenvalue weighted by molar-refractivity contribution is 6.30. The van der Waals surface area contributed by atoms with E-state index in [2.05, 4.69) is 17.1 Å². The maximum atomic E-state index is 12.8. The number of hydrogen-bond acceptors (Lipinski definition) is 4. The van der Waals surface area contributed by atoms with Crippen LogP contribution in [0.2, 0.25) is 5.02 Å². The number of nitrogens with one attached hydrogen (secondary N) is 1. The van der Waals surface area contributed by atoms with E-state index in [9.17, 15) is 9.59 Å². The molecule has 1 saturated heterocycles. The molecule has 0 radical (unpaired) electrons. The zero-order chi connectivity index (χ0) is 22.0. The lowest BCUT2D eigenvalue weighted by Gasteiger charge is -2.39. The maximum absolute atomic E-state index is 12.8. The fraction of sp³-hybridized carbons (Fsp3) is 0.348. The fourth-order valence-corrected chi connectivity index (χ4v) is 4.33. The molecule has 7 nitrogen and oxygen atoms in total. The number of carbonyl (C=O) groups is 1. The van der Waals surface area contributed by atoms with Gasteiger partial charge in [-0.2, -0.15) is 0 Å². The Labute approximate surface area is 186 Å². The van der Waals surface area contributed by atoms with Crippen molar-refractivity contribution in [1.82, 2.24) is 19.4 Å². The van der Waals surface area contributed by atoms with E-state index in [1.54, 1.807) is 28.6 Å². The number of amides is 2. The molecule has 1 unspecified atom stereocenters. The average molecular weight is 440 g/mol. The van der Waals surface area contributed by atoms with E-state index in [0.717, 1.165) is 17.8 Å². The van der Waals surface area contributed by atoms with E-state index in [1.165, 1.54) is 0 Å². The smallest absolute Gasteiger partial charge is 0.321 e. The van der Waals surface area contributed by atoms with Crippen molar-refractivity contribution in [3.05, 3.63) is 69.7 Å². The van der Waals surface area contributed by atoms with Crippen LogP contribution in [0.3, 0.4) is 0 Å². The summed E-state index contributed by atoms with van der Waals surface area (Å²) in [6, 6.07) is 14.5. The normalized spacial score (nSPS) is 15.8. The molecule has 1 aliphatic heterocycles. The lowest BCUT2D eigenvalue weighted by Crippen LogP contribution is -2.51. The van der Waals surface area contributed by atoms with Gasteiger partial charge in [0.1, 0.15) is 5.82 Å². The van der Waals surface area contributed by atoms with Crippen LogP contribution in [0, 0.1) is 0 Å². The summed E-state index contributed by atoms with van der Waals surface area (Å²) in [5.74, 6) is 0.767. The molecule has 1 atom stereocenters. The van der Waals surface area contributed by atoms with Crippen molar-refractivity contribution in [3.63, 3.8) is 0 Å². The van der Waals surface area contributed by atoms with Gasteiger partial charge < -0.3 is 10.2 Å². The third-order valence-electron chi connectivity index (χ3n) is 5.82. The summed E-state index contributed by atoms with van der Waals surface area (Å²) in [5, 5.41) is 4.12. The number of benzene rings is 2. The lowest BCUT2D eigenvalue weighted by atomic mass is 10.1. The summed E-state index contributed by atoms with van der Waals surface area (Å²) in [6.07, 6.45) is 0.827. The van der Waals surface area contributed by atoms with Crippen molar-refractivity contribution in [2.75, 3.05) is 31.5 Å². The first kappa shape index (κ1) is 21.3. The minimum Gasteiger partial charge on any atom is -0.322 e. The first-order chi connectivity index (χ1) is 15.0. The minimum atomic E-state index is -0.133. The Hall–Kier alpha value is -2.90. The molecule has 4 rings (SSSR count). The number of halogens is 1. The molecular formula is C23H26ClN5O2. The Balaban J connectivity index is 1.47. The van der Waals surface area contributed by atoms with Crippen LogP contribution in [-0.2, 0) is 7.05 Å². The van der Waals surface area contributed by atoms with Gasteiger partial charge in [0.05, 0.1) is 16.9 Å². The molecule has 8 heteroatoms. The van der Waals surface area contributed by atoms with Gasteiger partial charge in [-0.25, -0.2) is 9.78 Å². The molecule has 1 N–H and O–H groups in total. The topological polar surface area (TPSA) is 70.5 Å². The number of piperazine rings is 1. The van der Waals surface area contributed by atoms with Crippen LogP contribution in [0.5, 0.6) is 0 Å². The second-order valence-electron chi connectivity index (χ2n) is 7.74. The van der Waals surface area contributed by atoms with E-state index < -0.39 is 0 Å². The van der Waals surface area contributed by atoms with Crippen LogP contribution in [-0.4, -0.2) is 51.6 Å². The van der Waals surface area contributed by atoms with Crippen LogP contribution < -0.4 is 10.9 Å². The van der Waals surface area contributed by atoms with Gasteiger partial charge in [-0.15, -0.1) is 0 Å². The Morgan fingerprint density at radius 3 is 2.58 bits per heavy atom. The third-order valence-corrected chi connectivity index (χ3v) is 6.06. The van der Waals surface area contributed by atoms with Crippen molar-refractivity contribution < 1.29 is 4.79 Å². The number of para-hydroxylation sites is 1. The number of hydrogen-bond donors (Lipinski definition) is 1. The van der Waals surface area contributed by atoms with Crippen molar-refractivity contribution >= 4 is 34.2 Å². The van der Waals surface area contributed by atoms with E-state index in [-0.39, 0.29) is 17.6 Å². The largest absolute Gasteiger partial charge is 0.322 e. The summed E-state index contributed by atoms with van der Waals surface area (Å²) >= 11 is 6.00. The Kier molecular flexibility index (Phi) is 6.25. The van der Waals surface area contributed by atoms with Gasteiger partial charge in [0.15, 0.2) is 0 Å². The van der Waals surface area contributed by atoms with Crippen LogP contribution >= 0.6 is 11.6 Å². The number of aromatic nitrogens is 2. The molecule has 1 aromatic heterocycles. The number of rotatable bonds is 4. The number of fused-ring (bicyclic) bond motifs is 1. The number of nitrogens with zero attached hydrogens (tertiary/aromatic N) is 4. The lowest BCUT2D eigenvalue weighted by molar-refractivity contribution is 0.105. The van der Waals surface area contributed by atoms with Crippen LogP contribution in [0.15, 0.2) is 53.3 Å².